The van der Waals surface area contributed by atoms with Crippen LogP contribution >= 0.6 is 0 Å². The van der Waals surface area contributed by atoms with Crippen LogP contribution in [0.1, 0.15) is 24.3 Å². The number of ether oxygens (including phenoxy) is 1. The van der Waals surface area contributed by atoms with Crippen molar-refractivity contribution in [1.82, 2.24) is 9.97 Å². The fraction of sp³-hybridized carbons (Fsp3) is 0.154. The van der Waals surface area contributed by atoms with Gasteiger partial charge in [0.2, 0.25) is 0 Å². The van der Waals surface area contributed by atoms with E-state index in [4.69, 9.17) is 10.00 Å². The van der Waals surface area contributed by atoms with Crippen LogP contribution in [0, 0.1) is 11.3 Å². The second kappa shape index (κ2) is 5.15. The molecule has 5 nitrogen and oxygen atoms in total. The third kappa shape index (κ3) is 2.55. The van der Waals surface area contributed by atoms with Crippen molar-refractivity contribution in [2.45, 2.75) is 13.0 Å². The molecule has 0 saturated heterocycles. The SMILES string of the molecule is C[C@H](Oc1cccnc1)c1ccc(C#N)c(=O)[nH]1. The molecule has 2 aromatic rings. The standard InChI is InChI=1S/C13H11N3O2/c1-9(18-11-3-2-6-15-8-11)12-5-4-10(7-14)13(17)16-12/h2-6,8-9H,1H3,(H,16,17)/t9-/m0/s1. The molecule has 1 atom stereocenters. The molecule has 2 aromatic heterocycles. The van der Waals surface area contributed by atoms with Crippen molar-refractivity contribution in [3.8, 4) is 11.8 Å². The van der Waals surface area contributed by atoms with Crippen molar-refractivity contribution in [2.75, 3.05) is 0 Å². The number of aromatic amines is 1. The number of H-pyrrole nitrogens is 1. The Bertz CT molecular complexity index is 629. The molecular weight excluding hydrogens is 230 g/mol. The molecule has 1 N–H and O–H groups in total. The van der Waals surface area contributed by atoms with E-state index >= 15 is 0 Å². The van der Waals surface area contributed by atoms with Crippen LogP contribution in [0.2, 0.25) is 0 Å². The molecule has 0 aliphatic rings. The quantitative estimate of drug-likeness (QED) is 0.888. The van der Waals surface area contributed by atoms with Crippen molar-refractivity contribution in [1.29, 1.82) is 5.26 Å². The molecule has 90 valence electrons. The van der Waals surface area contributed by atoms with Gasteiger partial charge in [0, 0.05) is 6.20 Å². The van der Waals surface area contributed by atoms with Gasteiger partial charge in [-0.05, 0) is 31.2 Å². The molecular formula is C13H11N3O2. The molecule has 0 radical (unpaired) electrons. The van der Waals surface area contributed by atoms with E-state index in [0.717, 1.165) is 0 Å². The number of nitrogens with one attached hydrogen (secondary N) is 1. The van der Waals surface area contributed by atoms with Crippen LogP contribution in [0.5, 0.6) is 5.75 Å². The topological polar surface area (TPSA) is 78.8 Å². The first kappa shape index (κ1) is 11.9. The van der Waals surface area contributed by atoms with Gasteiger partial charge in [-0.1, -0.05) is 0 Å². The minimum Gasteiger partial charge on any atom is -0.483 e. The molecule has 5 heteroatoms. The predicted molar refractivity (Wildman–Crippen MR) is 65.1 cm³/mol. The number of rotatable bonds is 3. The van der Waals surface area contributed by atoms with E-state index in [0.29, 0.717) is 11.4 Å². The van der Waals surface area contributed by atoms with E-state index in [1.54, 1.807) is 30.6 Å². The lowest BCUT2D eigenvalue weighted by molar-refractivity contribution is 0.221. The zero-order chi connectivity index (χ0) is 13.0. The average molecular weight is 241 g/mol. The van der Waals surface area contributed by atoms with Gasteiger partial charge < -0.3 is 9.72 Å². The predicted octanol–water partition coefficient (Wildman–Crippen LogP) is 1.78. The summed E-state index contributed by atoms with van der Waals surface area (Å²) in [6.45, 7) is 1.81. The fourth-order valence-corrected chi connectivity index (χ4v) is 1.50. The monoisotopic (exact) mass is 241 g/mol. The number of hydrogen-bond acceptors (Lipinski definition) is 4. The first-order valence-corrected chi connectivity index (χ1v) is 5.40. The fourth-order valence-electron chi connectivity index (χ4n) is 1.50. The Morgan fingerprint density at radius 2 is 2.28 bits per heavy atom. The Balaban J connectivity index is 2.20. The smallest absolute Gasteiger partial charge is 0.266 e. The van der Waals surface area contributed by atoms with Crippen molar-refractivity contribution in [3.05, 3.63) is 58.3 Å². The summed E-state index contributed by atoms with van der Waals surface area (Å²) in [6, 6.07) is 8.52. The minimum atomic E-state index is -0.406. The van der Waals surface area contributed by atoms with E-state index in [1.807, 2.05) is 13.0 Å². The number of nitriles is 1. The minimum absolute atomic E-state index is 0.0901. The summed E-state index contributed by atoms with van der Waals surface area (Å²) in [5.41, 5.74) is 0.298. The highest BCUT2D eigenvalue weighted by Gasteiger charge is 2.09. The third-order valence-electron chi connectivity index (χ3n) is 2.44. The Kier molecular flexibility index (Phi) is 3.39. The van der Waals surface area contributed by atoms with Gasteiger partial charge in [0.05, 0.1) is 11.9 Å². The highest BCUT2D eigenvalue weighted by atomic mass is 16.5. The number of nitrogens with zero attached hydrogens (tertiary/aromatic N) is 2. The molecule has 0 aliphatic carbocycles. The van der Waals surface area contributed by atoms with Crippen LogP contribution in [0.15, 0.2) is 41.5 Å². The summed E-state index contributed by atoms with van der Waals surface area (Å²) >= 11 is 0. The maximum atomic E-state index is 11.5. The largest absolute Gasteiger partial charge is 0.483 e. The maximum absolute atomic E-state index is 11.5. The molecule has 0 unspecified atom stereocenters. The Labute approximate surface area is 104 Å². The van der Waals surface area contributed by atoms with Gasteiger partial charge in [0.25, 0.3) is 5.56 Å². The van der Waals surface area contributed by atoms with E-state index in [9.17, 15) is 4.79 Å². The molecule has 0 aromatic carbocycles. The summed E-state index contributed by atoms with van der Waals surface area (Å²) in [6.07, 6.45) is 2.92. The lowest BCUT2D eigenvalue weighted by Crippen LogP contribution is -2.15. The van der Waals surface area contributed by atoms with Crippen LogP contribution < -0.4 is 10.3 Å². The van der Waals surface area contributed by atoms with Gasteiger partial charge in [0.1, 0.15) is 23.5 Å². The molecule has 2 rings (SSSR count). The Morgan fingerprint density at radius 3 is 2.89 bits per heavy atom. The lowest BCUT2D eigenvalue weighted by atomic mass is 10.2. The zero-order valence-electron chi connectivity index (χ0n) is 9.75. The second-order valence-electron chi connectivity index (χ2n) is 3.72. The van der Waals surface area contributed by atoms with E-state index in [1.165, 1.54) is 6.07 Å². The van der Waals surface area contributed by atoms with Crippen LogP contribution in [0.25, 0.3) is 0 Å². The summed E-state index contributed by atoms with van der Waals surface area (Å²) in [5, 5.41) is 8.67. The molecule has 0 saturated carbocycles. The first-order valence-electron chi connectivity index (χ1n) is 5.40. The van der Waals surface area contributed by atoms with Gasteiger partial charge in [-0.15, -0.1) is 0 Å². The zero-order valence-corrected chi connectivity index (χ0v) is 9.75. The maximum Gasteiger partial charge on any atom is 0.266 e. The molecule has 0 aliphatic heterocycles. The van der Waals surface area contributed by atoms with E-state index < -0.39 is 5.56 Å². The second-order valence-corrected chi connectivity index (χ2v) is 3.72. The Morgan fingerprint density at radius 1 is 1.44 bits per heavy atom. The van der Waals surface area contributed by atoms with Gasteiger partial charge in [-0.25, -0.2) is 0 Å². The van der Waals surface area contributed by atoms with Crippen molar-refractivity contribution in [3.63, 3.8) is 0 Å². The van der Waals surface area contributed by atoms with Gasteiger partial charge >= 0.3 is 0 Å². The third-order valence-corrected chi connectivity index (χ3v) is 2.44. The van der Waals surface area contributed by atoms with Crippen molar-refractivity contribution < 1.29 is 4.74 Å². The summed E-state index contributed by atoms with van der Waals surface area (Å²) in [7, 11) is 0. The lowest BCUT2D eigenvalue weighted by Gasteiger charge is -2.14. The van der Waals surface area contributed by atoms with Gasteiger partial charge in [-0.3, -0.25) is 9.78 Å². The van der Waals surface area contributed by atoms with Crippen molar-refractivity contribution >= 4 is 0 Å². The molecule has 18 heavy (non-hydrogen) atoms. The highest BCUT2D eigenvalue weighted by molar-refractivity contribution is 5.27. The number of aromatic nitrogens is 2. The van der Waals surface area contributed by atoms with Crippen molar-refractivity contribution in [2.24, 2.45) is 0 Å². The molecule has 0 amide bonds. The first-order chi connectivity index (χ1) is 8.70. The van der Waals surface area contributed by atoms with Crippen LogP contribution in [0.4, 0.5) is 0 Å². The van der Waals surface area contributed by atoms with E-state index in [-0.39, 0.29) is 11.7 Å². The molecule has 0 fully saturated rings. The Hall–Kier alpha value is -2.61. The highest BCUT2D eigenvalue weighted by Crippen LogP contribution is 2.18. The van der Waals surface area contributed by atoms with Crippen LogP contribution in [-0.2, 0) is 0 Å². The summed E-state index contributed by atoms with van der Waals surface area (Å²) < 4.78 is 5.61. The number of hydrogen-bond donors (Lipinski definition) is 1. The molecule has 0 bridgehead atoms. The van der Waals surface area contributed by atoms with Crippen LogP contribution in [-0.4, -0.2) is 9.97 Å². The van der Waals surface area contributed by atoms with E-state index in [2.05, 4.69) is 9.97 Å². The summed E-state index contributed by atoms with van der Waals surface area (Å²) in [4.78, 5) is 18.0. The number of pyridine rings is 2. The van der Waals surface area contributed by atoms with Crippen LogP contribution in [0.3, 0.4) is 0 Å². The summed E-state index contributed by atoms with van der Waals surface area (Å²) in [5.74, 6) is 0.621. The van der Waals surface area contributed by atoms with Gasteiger partial charge in [0.15, 0.2) is 0 Å². The van der Waals surface area contributed by atoms with Gasteiger partial charge in [-0.2, -0.15) is 5.26 Å². The molecule has 2 heterocycles. The normalized spacial score (nSPS) is 11.6. The average Bonchev–Trinajstić information content (AvgIpc) is 2.39. The molecule has 0 spiro atoms.